The normalized spacial score (nSPS) is 15.7. The zero-order valence-corrected chi connectivity index (χ0v) is 21.6. The zero-order chi connectivity index (χ0) is 25.5. The van der Waals surface area contributed by atoms with E-state index in [1.807, 2.05) is 45.0 Å². The van der Waals surface area contributed by atoms with Gasteiger partial charge in [0.1, 0.15) is 18.2 Å². The van der Waals surface area contributed by atoms with Crippen LogP contribution in [0.2, 0.25) is 0 Å². The molecule has 7 nitrogen and oxygen atoms in total. The van der Waals surface area contributed by atoms with Crippen molar-refractivity contribution in [2.24, 2.45) is 0 Å². The first-order valence-corrected chi connectivity index (χ1v) is 12.1. The Kier molecular flexibility index (Phi) is 9.30. The van der Waals surface area contributed by atoms with E-state index in [0.29, 0.717) is 5.56 Å². The lowest BCUT2D eigenvalue weighted by molar-refractivity contribution is -0.146. The Morgan fingerprint density at radius 1 is 1.12 bits per heavy atom. The first-order chi connectivity index (χ1) is 15.8. The van der Waals surface area contributed by atoms with Gasteiger partial charge in [-0.2, -0.15) is 0 Å². The molecule has 1 aromatic carbocycles. The van der Waals surface area contributed by atoms with Crippen molar-refractivity contribution in [3.8, 4) is 0 Å². The third-order valence-electron chi connectivity index (χ3n) is 5.69. The summed E-state index contributed by atoms with van der Waals surface area (Å²) in [5, 5.41) is 5.73. The van der Waals surface area contributed by atoms with E-state index in [-0.39, 0.29) is 24.4 Å². The fourth-order valence-corrected chi connectivity index (χ4v) is 4.25. The molecule has 1 atom stereocenters. The van der Waals surface area contributed by atoms with Gasteiger partial charge in [0.15, 0.2) is 0 Å². The monoisotopic (exact) mass is 471 g/mol. The van der Waals surface area contributed by atoms with Gasteiger partial charge in [0.25, 0.3) is 0 Å². The van der Waals surface area contributed by atoms with E-state index < -0.39 is 23.3 Å². The summed E-state index contributed by atoms with van der Waals surface area (Å²) in [6.07, 6.45) is 6.27. The van der Waals surface area contributed by atoms with Crippen LogP contribution in [0.15, 0.2) is 30.8 Å². The molecule has 0 radical (unpaired) electrons. The number of benzene rings is 1. The predicted octanol–water partition coefficient (Wildman–Crippen LogP) is 4.97. The number of carbonyl (C=O) groups excluding carboxylic acids is 3. The summed E-state index contributed by atoms with van der Waals surface area (Å²) in [6, 6.07) is 6.74. The molecule has 3 amide bonds. The van der Waals surface area contributed by atoms with Gasteiger partial charge in [-0.15, -0.1) is 0 Å². The molecule has 1 unspecified atom stereocenters. The molecule has 0 saturated heterocycles. The van der Waals surface area contributed by atoms with Crippen LogP contribution in [-0.4, -0.2) is 46.5 Å². The molecule has 2 rings (SSSR count). The van der Waals surface area contributed by atoms with Crippen LogP contribution in [0.25, 0.3) is 6.08 Å². The third-order valence-corrected chi connectivity index (χ3v) is 5.69. The average Bonchev–Trinajstić information content (AvgIpc) is 2.74. The number of hydrogen-bond donors (Lipinski definition) is 2. The minimum atomic E-state index is -0.852. The first kappa shape index (κ1) is 27.4. The lowest BCUT2D eigenvalue weighted by Gasteiger charge is -2.42. The van der Waals surface area contributed by atoms with Crippen LogP contribution >= 0.6 is 0 Å². The van der Waals surface area contributed by atoms with Gasteiger partial charge in [-0.1, -0.05) is 50.1 Å². The Hall–Kier alpha value is -2.83. The lowest BCUT2D eigenvalue weighted by atomic mass is 9.93. The van der Waals surface area contributed by atoms with Crippen molar-refractivity contribution in [3.63, 3.8) is 0 Å². The molecule has 0 bridgehead atoms. The van der Waals surface area contributed by atoms with Gasteiger partial charge in [-0.25, -0.2) is 4.79 Å². The third kappa shape index (κ3) is 8.19. The number of ether oxygens (including phenoxy) is 1. The van der Waals surface area contributed by atoms with Crippen molar-refractivity contribution < 1.29 is 19.1 Å². The summed E-state index contributed by atoms with van der Waals surface area (Å²) in [5.74, 6) is -0.584. The fourth-order valence-electron chi connectivity index (χ4n) is 4.25. The molecular formula is C27H41N3O4. The van der Waals surface area contributed by atoms with E-state index in [1.54, 1.807) is 31.7 Å². The SMILES string of the molecule is C=Cc1cccc(C(C(=O)NC2CCCCC2)N(C(=O)CNC(=O)OC(C)(C)C)C(C)(C)C)c1. The Bertz CT molecular complexity index is 877. The molecule has 0 aliphatic heterocycles. The van der Waals surface area contributed by atoms with E-state index in [9.17, 15) is 14.4 Å². The van der Waals surface area contributed by atoms with Crippen molar-refractivity contribution in [2.75, 3.05) is 6.54 Å². The van der Waals surface area contributed by atoms with Gasteiger partial charge >= 0.3 is 6.09 Å². The predicted molar refractivity (Wildman–Crippen MR) is 135 cm³/mol. The number of alkyl carbamates (subject to hydrolysis) is 1. The number of nitrogens with zero attached hydrogens (tertiary/aromatic N) is 1. The highest BCUT2D eigenvalue weighted by Gasteiger charge is 2.39. The molecule has 0 heterocycles. The van der Waals surface area contributed by atoms with Gasteiger partial charge in [-0.05, 0) is 71.6 Å². The van der Waals surface area contributed by atoms with Crippen molar-refractivity contribution in [1.82, 2.24) is 15.5 Å². The van der Waals surface area contributed by atoms with Crippen LogP contribution in [0.5, 0.6) is 0 Å². The summed E-state index contributed by atoms with van der Waals surface area (Å²) >= 11 is 0. The minimum Gasteiger partial charge on any atom is -0.444 e. The number of rotatable bonds is 7. The smallest absolute Gasteiger partial charge is 0.408 e. The van der Waals surface area contributed by atoms with E-state index in [2.05, 4.69) is 17.2 Å². The number of amides is 3. The van der Waals surface area contributed by atoms with Crippen LogP contribution in [0, 0.1) is 0 Å². The number of nitrogens with one attached hydrogen (secondary N) is 2. The van der Waals surface area contributed by atoms with Gasteiger partial charge in [-0.3, -0.25) is 9.59 Å². The number of carbonyl (C=O) groups is 3. The van der Waals surface area contributed by atoms with Crippen LogP contribution in [-0.2, 0) is 14.3 Å². The molecule has 1 aliphatic carbocycles. The van der Waals surface area contributed by atoms with Crippen LogP contribution < -0.4 is 10.6 Å². The molecule has 2 N–H and O–H groups in total. The Balaban J connectivity index is 2.36. The van der Waals surface area contributed by atoms with Crippen LogP contribution in [0.3, 0.4) is 0 Å². The molecule has 34 heavy (non-hydrogen) atoms. The first-order valence-electron chi connectivity index (χ1n) is 12.1. The summed E-state index contributed by atoms with van der Waals surface area (Å²) in [6.45, 7) is 14.5. The maximum atomic E-state index is 13.7. The second kappa shape index (κ2) is 11.5. The van der Waals surface area contributed by atoms with Crippen molar-refractivity contribution >= 4 is 24.0 Å². The van der Waals surface area contributed by atoms with Crippen LogP contribution in [0.4, 0.5) is 4.79 Å². The van der Waals surface area contributed by atoms with E-state index in [4.69, 9.17) is 4.74 Å². The van der Waals surface area contributed by atoms with E-state index >= 15 is 0 Å². The van der Waals surface area contributed by atoms with E-state index in [0.717, 1.165) is 31.2 Å². The maximum Gasteiger partial charge on any atom is 0.408 e. The fraction of sp³-hybridized carbons (Fsp3) is 0.593. The number of hydrogen-bond acceptors (Lipinski definition) is 4. The minimum absolute atomic E-state index is 0.100. The van der Waals surface area contributed by atoms with Gasteiger partial charge in [0, 0.05) is 11.6 Å². The largest absolute Gasteiger partial charge is 0.444 e. The molecule has 0 aromatic heterocycles. The van der Waals surface area contributed by atoms with Crippen molar-refractivity contribution in [3.05, 3.63) is 42.0 Å². The summed E-state index contributed by atoms with van der Waals surface area (Å²) in [5.41, 5.74) is 0.197. The van der Waals surface area contributed by atoms with Crippen molar-refractivity contribution in [1.29, 1.82) is 0 Å². The highest BCUT2D eigenvalue weighted by molar-refractivity contribution is 5.91. The highest BCUT2D eigenvalue weighted by Crippen LogP contribution is 2.30. The summed E-state index contributed by atoms with van der Waals surface area (Å²) < 4.78 is 5.27. The highest BCUT2D eigenvalue weighted by atomic mass is 16.6. The van der Waals surface area contributed by atoms with Gasteiger partial charge in [0.2, 0.25) is 11.8 Å². The topological polar surface area (TPSA) is 87.7 Å². The zero-order valence-electron chi connectivity index (χ0n) is 21.6. The van der Waals surface area contributed by atoms with Crippen LogP contribution in [0.1, 0.15) is 90.8 Å². The molecule has 1 aliphatic rings. The second-order valence-corrected chi connectivity index (χ2v) is 10.9. The molecular weight excluding hydrogens is 430 g/mol. The second-order valence-electron chi connectivity index (χ2n) is 10.9. The molecule has 7 heteroatoms. The summed E-state index contributed by atoms with van der Waals surface area (Å²) in [4.78, 5) is 40.9. The van der Waals surface area contributed by atoms with Gasteiger partial charge < -0.3 is 20.3 Å². The van der Waals surface area contributed by atoms with Gasteiger partial charge in [0.05, 0.1) is 0 Å². The average molecular weight is 472 g/mol. The molecule has 1 aromatic rings. The molecule has 0 spiro atoms. The molecule has 1 fully saturated rings. The Morgan fingerprint density at radius 2 is 1.76 bits per heavy atom. The summed E-state index contributed by atoms with van der Waals surface area (Å²) in [7, 11) is 0. The van der Waals surface area contributed by atoms with E-state index in [1.165, 1.54) is 6.42 Å². The Labute approximate surface area is 204 Å². The molecule has 1 saturated carbocycles. The van der Waals surface area contributed by atoms with Crippen molar-refractivity contribution in [2.45, 2.75) is 96.9 Å². The standard InChI is InChI=1S/C27H41N3O4/c1-8-19-13-12-14-20(17-19)23(24(32)29-21-15-10-9-11-16-21)30(26(2,3)4)22(31)18-28-25(33)34-27(5,6)7/h8,12-14,17,21,23H,1,9-11,15-16,18H2,2-7H3,(H,28,33)(H,29,32). The quantitative estimate of drug-likeness (QED) is 0.588. The lowest BCUT2D eigenvalue weighted by Crippen LogP contribution is -2.56. The Morgan fingerprint density at radius 3 is 2.32 bits per heavy atom. The maximum absolute atomic E-state index is 13.7. The molecule has 188 valence electrons.